The van der Waals surface area contributed by atoms with Crippen LogP contribution in [-0.4, -0.2) is 40.5 Å². The van der Waals surface area contributed by atoms with E-state index in [1.807, 2.05) is 24.0 Å². The van der Waals surface area contributed by atoms with Crippen molar-refractivity contribution in [3.05, 3.63) is 47.5 Å². The van der Waals surface area contributed by atoms with E-state index in [-0.39, 0.29) is 11.9 Å². The van der Waals surface area contributed by atoms with Gasteiger partial charge in [-0.2, -0.15) is 0 Å². The van der Waals surface area contributed by atoms with Crippen LogP contribution in [0.15, 0.2) is 30.7 Å². The molecule has 0 spiro atoms. The molecule has 6 nitrogen and oxygen atoms in total. The van der Waals surface area contributed by atoms with Crippen molar-refractivity contribution < 1.29 is 14.3 Å². The number of carbonyl (C=O) groups excluding carboxylic acids is 1. The fourth-order valence-electron chi connectivity index (χ4n) is 3.19. The SMILES string of the molecule is CC1c2cc3c(cc2CCN1C(=O)c1cnccn1)OCCO3. The summed E-state index contributed by atoms with van der Waals surface area (Å²) < 4.78 is 11.3. The van der Waals surface area contributed by atoms with Crippen LogP contribution >= 0.6 is 0 Å². The molecule has 2 aromatic rings. The number of ether oxygens (including phenoxy) is 2. The van der Waals surface area contributed by atoms with E-state index in [9.17, 15) is 4.79 Å². The van der Waals surface area contributed by atoms with Gasteiger partial charge in [-0.05, 0) is 36.6 Å². The molecule has 2 aliphatic rings. The average molecular weight is 311 g/mol. The normalized spacial score (nSPS) is 19.2. The zero-order valence-electron chi connectivity index (χ0n) is 12.9. The first-order valence-electron chi connectivity index (χ1n) is 7.73. The Labute approximate surface area is 134 Å². The monoisotopic (exact) mass is 311 g/mol. The summed E-state index contributed by atoms with van der Waals surface area (Å²) in [5.41, 5.74) is 2.70. The molecule has 0 fully saturated rings. The van der Waals surface area contributed by atoms with Crippen molar-refractivity contribution in [2.24, 2.45) is 0 Å². The van der Waals surface area contributed by atoms with Crippen LogP contribution in [0.4, 0.5) is 0 Å². The van der Waals surface area contributed by atoms with E-state index in [1.165, 1.54) is 18.0 Å². The second-order valence-electron chi connectivity index (χ2n) is 5.71. The third-order valence-corrected chi connectivity index (χ3v) is 4.39. The molecule has 23 heavy (non-hydrogen) atoms. The Hall–Kier alpha value is -2.63. The van der Waals surface area contributed by atoms with Gasteiger partial charge in [-0.25, -0.2) is 4.98 Å². The highest BCUT2D eigenvalue weighted by Crippen LogP contribution is 2.39. The van der Waals surface area contributed by atoms with Crippen LogP contribution in [0.3, 0.4) is 0 Å². The summed E-state index contributed by atoms with van der Waals surface area (Å²) in [7, 11) is 0. The van der Waals surface area contributed by atoms with Crippen molar-refractivity contribution in [1.82, 2.24) is 14.9 Å². The zero-order valence-corrected chi connectivity index (χ0v) is 12.9. The summed E-state index contributed by atoms with van der Waals surface area (Å²) >= 11 is 0. The number of aromatic nitrogens is 2. The quantitative estimate of drug-likeness (QED) is 0.806. The summed E-state index contributed by atoms with van der Waals surface area (Å²) in [6.07, 6.45) is 5.41. The summed E-state index contributed by atoms with van der Waals surface area (Å²) in [6, 6.07) is 4.01. The smallest absolute Gasteiger partial charge is 0.274 e. The minimum Gasteiger partial charge on any atom is -0.486 e. The van der Waals surface area contributed by atoms with Crippen LogP contribution in [-0.2, 0) is 6.42 Å². The van der Waals surface area contributed by atoms with Gasteiger partial charge in [0.1, 0.15) is 18.9 Å². The number of fused-ring (bicyclic) bond motifs is 2. The van der Waals surface area contributed by atoms with Crippen LogP contribution in [0.5, 0.6) is 11.5 Å². The first-order chi connectivity index (χ1) is 11.2. The van der Waals surface area contributed by atoms with Crippen LogP contribution in [0, 0.1) is 0 Å². The zero-order chi connectivity index (χ0) is 15.8. The van der Waals surface area contributed by atoms with Gasteiger partial charge in [0.15, 0.2) is 11.5 Å². The van der Waals surface area contributed by atoms with Crippen molar-refractivity contribution in [3.8, 4) is 11.5 Å². The average Bonchev–Trinajstić information content (AvgIpc) is 2.61. The lowest BCUT2D eigenvalue weighted by Gasteiger charge is -2.36. The summed E-state index contributed by atoms with van der Waals surface area (Å²) in [6.45, 7) is 3.83. The van der Waals surface area contributed by atoms with E-state index < -0.39 is 0 Å². The molecule has 0 radical (unpaired) electrons. The maximum absolute atomic E-state index is 12.7. The molecule has 1 aromatic heterocycles. The third kappa shape index (κ3) is 2.40. The number of hydrogen-bond donors (Lipinski definition) is 0. The summed E-state index contributed by atoms with van der Waals surface area (Å²) in [4.78, 5) is 22.6. The Morgan fingerprint density at radius 2 is 2.00 bits per heavy atom. The van der Waals surface area contributed by atoms with Gasteiger partial charge in [-0.3, -0.25) is 9.78 Å². The molecule has 0 N–H and O–H groups in total. The van der Waals surface area contributed by atoms with Gasteiger partial charge in [0.05, 0.1) is 12.2 Å². The summed E-state index contributed by atoms with van der Waals surface area (Å²) in [5, 5.41) is 0. The van der Waals surface area contributed by atoms with E-state index in [1.54, 1.807) is 6.20 Å². The molecule has 2 aliphatic heterocycles. The predicted octanol–water partition coefficient (Wildman–Crippen LogP) is 2.01. The predicted molar refractivity (Wildman–Crippen MR) is 82.6 cm³/mol. The lowest BCUT2D eigenvalue weighted by atomic mass is 9.92. The first-order valence-corrected chi connectivity index (χ1v) is 7.73. The number of nitrogens with zero attached hydrogens (tertiary/aromatic N) is 3. The third-order valence-electron chi connectivity index (χ3n) is 4.39. The molecule has 0 aliphatic carbocycles. The van der Waals surface area contributed by atoms with Gasteiger partial charge in [-0.15, -0.1) is 0 Å². The first kappa shape index (κ1) is 14.0. The number of amides is 1. The highest BCUT2D eigenvalue weighted by molar-refractivity contribution is 5.92. The van der Waals surface area contributed by atoms with Gasteiger partial charge >= 0.3 is 0 Å². The van der Waals surface area contributed by atoms with Crippen LogP contribution in [0.1, 0.15) is 34.6 Å². The second-order valence-corrected chi connectivity index (χ2v) is 5.71. The van der Waals surface area contributed by atoms with Gasteiger partial charge in [0, 0.05) is 18.9 Å². The molecule has 1 aromatic carbocycles. The van der Waals surface area contributed by atoms with Crippen molar-refractivity contribution in [2.45, 2.75) is 19.4 Å². The Morgan fingerprint density at radius 1 is 1.22 bits per heavy atom. The molecular weight excluding hydrogens is 294 g/mol. The minimum atomic E-state index is -0.0915. The van der Waals surface area contributed by atoms with Gasteiger partial charge in [0.2, 0.25) is 0 Å². The van der Waals surface area contributed by atoms with Crippen molar-refractivity contribution in [3.63, 3.8) is 0 Å². The molecule has 0 saturated heterocycles. The van der Waals surface area contributed by atoms with Gasteiger partial charge < -0.3 is 14.4 Å². The van der Waals surface area contributed by atoms with E-state index >= 15 is 0 Å². The van der Waals surface area contributed by atoms with E-state index in [4.69, 9.17) is 9.47 Å². The molecule has 0 saturated carbocycles. The summed E-state index contributed by atoms with van der Waals surface area (Å²) in [5.74, 6) is 1.47. The molecule has 6 heteroatoms. The Kier molecular flexibility index (Phi) is 3.37. The Balaban J connectivity index is 1.66. The van der Waals surface area contributed by atoms with Crippen molar-refractivity contribution in [2.75, 3.05) is 19.8 Å². The fraction of sp³-hybridized carbons (Fsp3) is 0.353. The fourth-order valence-corrected chi connectivity index (χ4v) is 3.19. The lowest BCUT2D eigenvalue weighted by Crippen LogP contribution is -2.39. The molecule has 0 bridgehead atoms. The topological polar surface area (TPSA) is 64.6 Å². The molecule has 1 atom stereocenters. The maximum Gasteiger partial charge on any atom is 0.274 e. The number of carbonyl (C=O) groups is 1. The lowest BCUT2D eigenvalue weighted by molar-refractivity contribution is 0.0670. The number of hydrogen-bond acceptors (Lipinski definition) is 5. The Bertz CT molecular complexity index is 748. The van der Waals surface area contributed by atoms with Crippen LogP contribution in [0.2, 0.25) is 0 Å². The number of rotatable bonds is 1. The van der Waals surface area contributed by atoms with Crippen LogP contribution in [0.25, 0.3) is 0 Å². The van der Waals surface area contributed by atoms with E-state index in [2.05, 4.69) is 9.97 Å². The van der Waals surface area contributed by atoms with Gasteiger partial charge in [0.25, 0.3) is 5.91 Å². The minimum absolute atomic E-state index is 0.0379. The molecular formula is C17H17N3O3. The van der Waals surface area contributed by atoms with Crippen molar-refractivity contribution in [1.29, 1.82) is 0 Å². The van der Waals surface area contributed by atoms with Gasteiger partial charge in [-0.1, -0.05) is 0 Å². The van der Waals surface area contributed by atoms with E-state index in [0.29, 0.717) is 25.5 Å². The molecule has 1 amide bonds. The maximum atomic E-state index is 12.7. The highest BCUT2D eigenvalue weighted by atomic mass is 16.6. The Morgan fingerprint density at radius 3 is 2.74 bits per heavy atom. The standard InChI is InChI=1S/C17H17N3O3/c1-11-13-9-16-15(22-6-7-23-16)8-12(13)2-5-20(11)17(21)14-10-18-3-4-19-14/h3-4,8-11H,2,5-7H2,1H3. The molecule has 118 valence electrons. The largest absolute Gasteiger partial charge is 0.486 e. The molecule has 3 heterocycles. The highest BCUT2D eigenvalue weighted by Gasteiger charge is 2.30. The molecule has 1 unspecified atom stereocenters. The second kappa shape index (κ2) is 5.53. The van der Waals surface area contributed by atoms with Crippen molar-refractivity contribution >= 4 is 5.91 Å². The van der Waals surface area contributed by atoms with Crippen LogP contribution < -0.4 is 9.47 Å². The molecule has 4 rings (SSSR count). The number of benzene rings is 1. The van der Waals surface area contributed by atoms with E-state index in [0.717, 1.165) is 23.5 Å².